The van der Waals surface area contributed by atoms with Crippen LogP contribution in [0, 0.1) is 0 Å². The van der Waals surface area contributed by atoms with Crippen LogP contribution in [0.4, 0.5) is 0 Å². The van der Waals surface area contributed by atoms with Gasteiger partial charge in [-0.25, -0.2) is 0 Å². The SMILES string of the molecule is CCCCN1CCN=C1C(OCC)OCC. The van der Waals surface area contributed by atoms with Crippen LogP contribution in [0.15, 0.2) is 4.99 Å². The zero-order valence-corrected chi connectivity index (χ0v) is 10.7. The van der Waals surface area contributed by atoms with E-state index in [1.165, 1.54) is 12.8 Å². The number of nitrogens with zero attached hydrogens (tertiary/aromatic N) is 2. The molecule has 0 radical (unpaired) electrons. The Bertz CT molecular complexity index is 213. The number of hydrogen-bond donors (Lipinski definition) is 0. The number of rotatable bonds is 8. The van der Waals surface area contributed by atoms with Gasteiger partial charge in [-0.1, -0.05) is 13.3 Å². The monoisotopic (exact) mass is 228 g/mol. The van der Waals surface area contributed by atoms with Crippen molar-refractivity contribution in [2.24, 2.45) is 4.99 Å². The summed E-state index contributed by atoms with van der Waals surface area (Å²) >= 11 is 0. The van der Waals surface area contributed by atoms with Gasteiger partial charge >= 0.3 is 0 Å². The lowest BCUT2D eigenvalue weighted by atomic mass is 10.3. The zero-order valence-electron chi connectivity index (χ0n) is 10.7. The number of ether oxygens (including phenoxy) is 2. The molecule has 0 aliphatic carbocycles. The van der Waals surface area contributed by atoms with Crippen molar-refractivity contribution in [3.63, 3.8) is 0 Å². The molecular weight excluding hydrogens is 204 g/mol. The molecule has 0 amide bonds. The molecule has 1 heterocycles. The van der Waals surface area contributed by atoms with Crippen LogP contribution in [0.5, 0.6) is 0 Å². The second kappa shape index (κ2) is 7.63. The molecule has 0 spiro atoms. The van der Waals surface area contributed by atoms with Crippen LogP contribution in [0.2, 0.25) is 0 Å². The van der Waals surface area contributed by atoms with Crippen LogP contribution < -0.4 is 0 Å². The highest BCUT2D eigenvalue weighted by molar-refractivity contribution is 5.86. The fourth-order valence-corrected chi connectivity index (χ4v) is 1.80. The average Bonchev–Trinajstić information content (AvgIpc) is 2.74. The van der Waals surface area contributed by atoms with Gasteiger partial charge in [0.2, 0.25) is 6.29 Å². The number of hydrogen-bond acceptors (Lipinski definition) is 4. The van der Waals surface area contributed by atoms with Gasteiger partial charge in [0.15, 0.2) is 5.84 Å². The summed E-state index contributed by atoms with van der Waals surface area (Å²) in [6.45, 7) is 10.4. The minimum Gasteiger partial charge on any atom is -0.354 e. The fourth-order valence-electron chi connectivity index (χ4n) is 1.80. The lowest BCUT2D eigenvalue weighted by Gasteiger charge is -2.25. The van der Waals surface area contributed by atoms with Gasteiger partial charge in [0.1, 0.15) is 0 Å². The molecule has 1 rings (SSSR count). The molecule has 0 unspecified atom stereocenters. The molecule has 0 saturated heterocycles. The van der Waals surface area contributed by atoms with E-state index in [2.05, 4.69) is 16.8 Å². The summed E-state index contributed by atoms with van der Waals surface area (Å²) in [5.41, 5.74) is 0. The average molecular weight is 228 g/mol. The number of aliphatic imine (C=N–C) groups is 1. The van der Waals surface area contributed by atoms with E-state index in [9.17, 15) is 0 Å². The zero-order chi connectivity index (χ0) is 11.8. The summed E-state index contributed by atoms with van der Waals surface area (Å²) in [6, 6.07) is 0. The molecule has 0 aromatic heterocycles. The van der Waals surface area contributed by atoms with Crippen molar-refractivity contribution in [3.05, 3.63) is 0 Å². The van der Waals surface area contributed by atoms with Crippen molar-refractivity contribution in [1.29, 1.82) is 0 Å². The topological polar surface area (TPSA) is 34.1 Å². The molecule has 4 nitrogen and oxygen atoms in total. The summed E-state index contributed by atoms with van der Waals surface area (Å²) in [6.07, 6.45) is 2.14. The third-order valence-electron chi connectivity index (χ3n) is 2.60. The normalized spacial score (nSPS) is 16.0. The van der Waals surface area contributed by atoms with Gasteiger partial charge in [0.05, 0.1) is 6.54 Å². The highest BCUT2D eigenvalue weighted by atomic mass is 16.7. The minimum absolute atomic E-state index is 0.269. The second-order valence-corrected chi connectivity index (χ2v) is 3.82. The molecule has 0 bridgehead atoms. The van der Waals surface area contributed by atoms with Crippen LogP contribution in [-0.4, -0.2) is 49.9 Å². The van der Waals surface area contributed by atoms with E-state index in [0.29, 0.717) is 13.2 Å². The predicted octanol–water partition coefficient (Wildman–Crippen LogP) is 1.90. The van der Waals surface area contributed by atoms with Crippen LogP contribution in [0.25, 0.3) is 0 Å². The Morgan fingerprint density at radius 3 is 2.50 bits per heavy atom. The van der Waals surface area contributed by atoms with E-state index in [1.54, 1.807) is 0 Å². The molecule has 0 aromatic rings. The minimum atomic E-state index is -0.269. The Kier molecular flexibility index (Phi) is 6.42. The fraction of sp³-hybridized carbons (Fsp3) is 0.917. The van der Waals surface area contributed by atoms with Crippen LogP contribution in [0.1, 0.15) is 33.6 Å². The van der Waals surface area contributed by atoms with Crippen LogP contribution in [-0.2, 0) is 9.47 Å². The Morgan fingerprint density at radius 2 is 1.94 bits per heavy atom. The van der Waals surface area contributed by atoms with E-state index in [-0.39, 0.29) is 6.29 Å². The molecule has 16 heavy (non-hydrogen) atoms. The van der Waals surface area contributed by atoms with E-state index >= 15 is 0 Å². The van der Waals surface area contributed by atoms with Crippen molar-refractivity contribution in [2.45, 2.75) is 39.9 Å². The van der Waals surface area contributed by atoms with Gasteiger partial charge in [-0.05, 0) is 20.3 Å². The Hall–Kier alpha value is -0.610. The molecule has 1 aliphatic heterocycles. The van der Waals surface area contributed by atoms with Gasteiger partial charge in [0, 0.05) is 26.3 Å². The Morgan fingerprint density at radius 1 is 1.25 bits per heavy atom. The second-order valence-electron chi connectivity index (χ2n) is 3.82. The van der Waals surface area contributed by atoms with Gasteiger partial charge in [-0.2, -0.15) is 0 Å². The maximum absolute atomic E-state index is 5.58. The molecule has 0 aromatic carbocycles. The molecule has 0 saturated carbocycles. The maximum atomic E-state index is 5.58. The van der Waals surface area contributed by atoms with Crippen LogP contribution in [0.3, 0.4) is 0 Å². The van der Waals surface area contributed by atoms with E-state index in [4.69, 9.17) is 9.47 Å². The lowest BCUT2D eigenvalue weighted by molar-refractivity contribution is -0.0951. The first-order chi connectivity index (χ1) is 7.83. The van der Waals surface area contributed by atoms with Gasteiger partial charge in [-0.15, -0.1) is 0 Å². The van der Waals surface area contributed by atoms with Crippen molar-refractivity contribution in [1.82, 2.24) is 4.90 Å². The van der Waals surface area contributed by atoms with Crippen molar-refractivity contribution in [2.75, 3.05) is 32.8 Å². The summed E-state index contributed by atoms with van der Waals surface area (Å²) in [7, 11) is 0. The Labute approximate surface area is 98.6 Å². The molecule has 0 atom stereocenters. The first-order valence-corrected chi connectivity index (χ1v) is 6.35. The van der Waals surface area contributed by atoms with E-state index in [1.807, 2.05) is 13.8 Å². The van der Waals surface area contributed by atoms with E-state index < -0.39 is 0 Å². The molecular formula is C12H24N2O2. The third kappa shape index (κ3) is 3.76. The third-order valence-corrected chi connectivity index (χ3v) is 2.60. The lowest BCUT2D eigenvalue weighted by Crippen LogP contribution is -2.40. The number of unbranched alkanes of at least 4 members (excludes halogenated alkanes) is 1. The van der Waals surface area contributed by atoms with Crippen molar-refractivity contribution < 1.29 is 9.47 Å². The predicted molar refractivity (Wildman–Crippen MR) is 65.8 cm³/mol. The summed E-state index contributed by atoms with van der Waals surface area (Å²) in [5.74, 6) is 0.983. The van der Waals surface area contributed by atoms with Gasteiger partial charge in [-0.3, -0.25) is 4.99 Å². The summed E-state index contributed by atoms with van der Waals surface area (Å²) < 4.78 is 11.2. The number of amidine groups is 1. The largest absolute Gasteiger partial charge is 0.354 e. The maximum Gasteiger partial charge on any atom is 0.216 e. The highest BCUT2D eigenvalue weighted by Crippen LogP contribution is 2.11. The summed E-state index contributed by atoms with van der Waals surface area (Å²) in [5, 5.41) is 0. The standard InChI is InChI=1S/C12H24N2O2/c1-4-7-9-14-10-8-13-11(14)12(15-5-2)16-6-3/h12H,4-10H2,1-3H3. The molecule has 4 heteroatoms. The molecule has 0 N–H and O–H groups in total. The Balaban J connectivity index is 2.52. The summed E-state index contributed by atoms with van der Waals surface area (Å²) in [4.78, 5) is 6.79. The van der Waals surface area contributed by atoms with E-state index in [0.717, 1.165) is 25.5 Å². The molecule has 0 fully saturated rings. The molecule has 1 aliphatic rings. The first kappa shape index (κ1) is 13.5. The quantitative estimate of drug-likeness (QED) is 0.595. The van der Waals surface area contributed by atoms with Gasteiger partial charge in [0.25, 0.3) is 0 Å². The highest BCUT2D eigenvalue weighted by Gasteiger charge is 2.25. The van der Waals surface area contributed by atoms with Crippen LogP contribution >= 0.6 is 0 Å². The molecule has 94 valence electrons. The first-order valence-electron chi connectivity index (χ1n) is 6.35. The van der Waals surface area contributed by atoms with Crippen molar-refractivity contribution >= 4 is 5.84 Å². The van der Waals surface area contributed by atoms with Crippen molar-refractivity contribution in [3.8, 4) is 0 Å². The smallest absolute Gasteiger partial charge is 0.216 e. The van der Waals surface area contributed by atoms with Gasteiger partial charge < -0.3 is 14.4 Å².